The number of rotatable bonds is 5. The van der Waals surface area contributed by atoms with Crippen molar-refractivity contribution in [3.05, 3.63) is 28.7 Å². The maximum atomic E-state index is 11.7. The zero-order chi connectivity index (χ0) is 13.1. The predicted octanol–water partition coefficient (Wildman–Crippen LogP) is 1.41. The summed E-state index contributed by atoms with van der Waals surface area (Å²) in [6.45, 7) is 5.74. The van der Waals surface area contributed by atoms with Crippen LogP contribution in [0.15, 0.2) is 23.1 Å². The van der Waals surface area contributed by atoms with Crippen LogP contribution in [0.5, 0.6) is 0 Å². The molecule has 0 unspecified atom stereocenters. The van der Waals surface area contributed by atoms with Crippen LogP contribution in [0, 0.1) is 0 Å². The molecule has 1 heterocycles. The second-order valence-electron chi connectivity index (χ2n) is 4.15. The summed E-state index contributed by atoms with van der Waals surface area (Å²) in [5.41, 5.74) is 0.297. The van der Waals surface area contributed by atoms with E-state index >= 15 is 0 Å². The van der Waals surface area contributed by atoms with Crippen LogP contribution in [0.3, 0.4) is 0 Å². The third-order valence-corrected chi connectivity index (χ3v) is 4.09. The molecular weight excluding hydrogens is 240 g/mol. The van der Waals surface area contributed by atoms with Crippen molar-refractivity contribution in [1.29, 1.82) is 0 Å². The summed E-state index contributed by atoms with van der Waals surface area (Å²) in [5.74, 6) is 0. The van der Waals surface area contributed by atoms with E-state index in [2.05, 4.69) is 4.72 Å². The van der Waals surface area contributed by atoms with Crippen LogP contribution < -0.4 is 10.3 Å². The van der Waals surface area contributed by atoms with Crippen LogP contribution in [0.25, 0.3) is 0 Å². The largest absolute Gasteiger partial charge is 0.313 e. The molecule has 0 aromatic carbocycles. The molecule has 1 N–H and O–H groups in total. The Labute approximate surface area is 102 Å². The van der Waals surface area contributed by atoms with Crippen LogP contribution >= 0.6 is 0 Å². The number of nitrogens with one attached hydrogen (secondary N) is 1. The van der Waals surface area contributed by atoms with Gasteiger partial charge in [0.2, 0.25) is 10.0 Å². The van der Waals surface area contributed by atoms with E-state index in [-0.39, 0.29) is 5.56 Å². The zero-order valence-corrected chi connectivity index (χ0v) is 11.1. The molecule has 0 fully saturated rings. The third-order valence-electron chi connectivity index (χ3n) is 2.33. The number of aromatic nitrogens is 1. The highest BCUT2D eigenvalue weighted by Gasteiger charge is 2.15. The molecule has 0 aliphatic rings. The van der Waals surface area contributed by atoms with E-state index in [9.17, 15) is 13.2 Å². The Kier molecular flexibility index (Phi) is 4.34. The van der Waals surface area contributed by atoms with Crippen molar-refractivity contribution in [1.82, 2.24) is 4.57 Å². The van der Waals surface area contributed by atoms with Gasteiger partial charge in [-0.05, 0) is 26.3 Å². The number of sulfonamides is 1. The number of pyridine rings is 1. The zero-order valence-electron chi connectivity index (χ0n) is 10.3. The molecule has 0 radical (unpaired) electrons. The second kappa shape index (κ2) is 5.35. The average molecular weight is 258 g/mol. The Balaban J connectivity index is 3.01. The topological polar surface area (TPSA) is 68.2 Å². The summed E-state index contributed by atoms with van der Waals surface area (Å²) in [5, 5.41) is -0.506. The Hall–Kier alpha value is -1.30. The average Bonchev–Trinajstić information content (AvgIpc) is 2.23. The summed E-state index contributed by atoms with van der Waals surface area (Å²) >= 11 is 0. The first-order valence-electron chi connectivity index (χ1n) is 5.59. The molecule has 0 atom stereocenters. The molecule has 1 aromatic rings. The minimum absolute atomic E-state index is 0.126. The van der Waals surface area contributed by atoms with Crippen molar-refractivity contribution in [3.63, 3.8) is 0 Å². The molecule has 5 nitrogen and oxygen atoms in total. The van der Waals surface area contributed by atoms with Gasteiger partial charge < -0.3 is 4.57 Å². The Morgan fingerprint density at radius 1 is 1.35 bits per heavy atom. The second-order valence-corrected chi connectivity index (χ2v) is 6.38. The van der Waals surface area contributed by atoms with Gasteiger partial charge in [0.05, 0.1) is 10.9 Å². The van der Waals surface area contributed by atoms with E-state index in [0.717, 1.165) is 6.42 Å². The van der Waals surface area contributed by atoms with E-state index in [0.29, 0.717) is 12.2 Å². The Bertz CT molecular complexity index is 532. The first-order chi connectivity index (χ1) is 7.86. The van der Waals surface area contributed by atoms with Crippen LogP contribution in [0.2, 0.25) is 0 Å². The first kappa shape index (κ1) is 13.8. The van der Waals surface area contributed by atoms with Gasteiger partial charge in [0.15, 0.2) is 0 Å². The van der Waals surface area contributed by atoms with Gasteiger partial charge >= 0.3 is 0 Å². The summed E-state index contributed by atoms with van der Waals surface area (Å²) in [6.07, 6.45) is 2.35. The van der Waals surface area contributed by atoms with Crippen molar-refractivity contribution in [3.8, 4) is 0 Å². The molecule has 0 aliphatic heterocycles. The molecule has 1 aromatic heterocycles. The van der Waals surface area contributed by atoms with Crippen LogP contribution in [-0.4, -0.2) is 18.2 Å². The SMILES string of the molecule is CCCn1cc(NS(=O)(=O)C(C)C)ccc1=O. The molecule has 1 rings (SSSR count). The van der Waals surface area contributed by atoms with Crippen molar-refractivity contribution in [2.45, 2.75) is 39.0 Å². The molecule has 96 valence electrons. The van der Waals surface area contributed by atoms with E-state index in [1.165, 1.54) is 22.9 Å². The van der Waals surface area contributed by atoms with Crippen LogP contribution in [-0.2, 0) is 16.6 Å². The number of aryl methyl sites for hydroxylation is 1. The lowest BCUT2D eigenvalue weighted by molar-refractivity contribution is 0.592. The van der Waals surface area contributed by atoms with Gasteiger partial charge in [-0.25, -0.2) is 8.42 Å². The lowest BCUT2D eigenvalue weighted by Gasteiger charge is -2.12. The highest BCUT2D eigenvalue weighted by Crippen LogP contribution is 2.09. The molecule has 6 heteroatoms. The van der Waals surface area contributed by atoms with E-state index in [1.54, 1.807) is 13.8 Å². The first-order valence-corrected chi connectivity index (χ1v) is 7.13. The highest BCUT2D eigenvalue weighted by atomic mass is 32.2. The normalized spacial score (nSPS) is 11.8. The molecular formula is C11H18N2O3S. The number of nitrogens with zero attached hydrogens (tertiary/aromatic N) is 1. The quantitative estimate of drug-likeness (QED) is 0.868. The maximum absolute atomic E-state index is 11.7. The molecule has 0 amide bonds. The van der Waals surface area contributed by atoms with Gasteiger partial charge in [-0.15, -0.1) is 0 Å². The van der Waals surface area contributed by atoms with Gasteiger partial charge in [-0.1, -0.05) is 6.92 Å². The fourth-order valence-corrected chi connectivity index (χ4v) is 1.97. The van der Waals surface area contributed by atoms with Gasteiger partial charge in [-0.2, -0.15) is 0 Å². The number of anilines is 1. The molecule has 0 spiro atoms. The van der Waals surface area contributed by atoms with Crippen LogP contribution in [0.1, 0.15) is 27.2 Å². The molecule has 0 bridgehead atoms. The number of hydrogen-bond donors (Lipinski definition) is 1. The van der Waals surface area contributed by atoms with Gasteiger partial charge in [0.1, 0.15) is 0 Å². The van der Waals surface area contributed by atoms with Gasteiger partial charge in [0, 0.05) is 18.8 Å². The highest BCUT2D eigenvalue weighted by molar-refractivity contribution is 7.93. The summed E-state index contributed by atoms with van der Waals surface area (Å²) in [6, 6.07) is 2.85. The van der Waals surface area contributed by atoms with E-state index in [1.807, 2.05) is 6.92 Å². The van der Waals surface area contributed by atoms with E-state index in [4.69, 9.17) is 0 Å². The fraction of sp³-hybridized carbons (Fsp3) is 0.545. The van der Waals surface area contributed by atoms with Gasteiger partial charge in [0.25, 0.3) is 5.56 Å². The smallest absolute Gasteiger partial charge is 0.250 e. The molecule has 0 aliphatic carbocycles. The van der Waals surface area contributed by atoms with Crippen molar-refractivity contribution >= 4 is 15.7 Å². The predicted molar refractivity (Wildman–Crippen MR) is 68.7 cm³/mol. The fourth-order valence-electron chi connectivity index (χ4n) is 1.29. The summed E-state index contributed by atoms with van der Waals surface area (Å²) in [4.78, 5) is 11.4. The minimum atomic E-state index is -3.36. The third kappa shape index (κ3) is 3.59. The van der Waals surface area contributed by atoms with E-state index < -0.39 is 15.3 Å². The van der Waals surface area contributed by atoms with Crippen molar-refractivity contribution in [2.24, 2.45) is 0 Å². The minimum Gasteiger partial charge on any atom is -0.313 e. The molecule has 17 heavy (non-hydrogen) atoms. The van der Waals surface area contributed by atoms with Crippen molar-refractivity contribution < 1.29 is 8.42 Å². The number of hydrogen-bond acceptors (Lipinski definition) is 3. The molecule has 0 saturated carbocycles. The van der Waals surface area contributed by atoms with Crippen molar-refractivity contribution in [2.75, 3.05) is 4.72 Å². The standard InChI is InChI=1S/C11H18N2O3S/c1-4-7-13-8-10(5-6-11(13)14)12-17(15,16)9(2)3/h5-6,8-9,12H,4,7H2,1-3H3. The van der Waals surface area contributed by atoms with Crippen LogP contribution in [0.4, 0.5) is 5.69 Å². The Morgan fingerprint density at radius 2 is 2.00 bits per heavy atom. The Morgan fingerprint density at radius 3 is 2.53 bits per heavy atom. The maximum Gasteiger partial charge on any atom is 0.250 e. The lowest BCUT2D eigenvalue weighted by atomic mass is 10.4. The lowest BCUT2D eigenvalue weighted by Crippen LogP contribution is -2.24. The summed E-state index contributed by atoms with van der Waals surface area (Å²) < 4.78 is 27.3. The molecule has 0 saturated heterocycles. The monoisotopic (exact) mass is 258 g/mol. The summed E-state index contributed by atoms with van der Waals surface area (Å²) in [7, 11) is -3.36. The van der Waals surface area contributed by atoms with Gasteiger partial charge in [-0.3, -0.25) is 9.52 Å².